The van der Waals surface area contributed by atoms with Crippen molar-refractivity contribution < 1.29 is 23.6 Å². The maximum atomic E-state index is 12.7. The SMILES string of the molecule is CC(C)(C)C(Oc1ccccc1)C(=O)ONC(=O)c1c(C#N)ccc2cocc12. The number of ether oxygens (including phenoxy) is 1. The molecule has 0 spiro atoms. The van der Waals surface area contributed by atoms with Gasteiger partial charge in [0, 0.05) is 16.2 Å². The van der Waals surface area contributed by atoms with E-state index in [1.54, 1.807) is 30.3 Å². The molecule has 0 saturated carbocycles. The summed E-state index contributed by atoms with van der Waals surface area (Å²) in [4.78, 5) is 30.3. The molecule has 29 heavy (non-hydrogen) atoms. The number of rotatable bonds is 4. The topological polar surface area (TPSA) is 102 Å². The Morgan fingerprint density at radius 3 is 2.48 bits per heavy atom. The van der Waals surface area contributed by atoms with Gasteiger partial charge < -0.3 is 14.0 Å². The zero-order chi connectivity index (χ0) is 21.0. The van der Waals surface area contributed by atoms with Gasteiger partial charge >= 0.3 is 5.97 Å². The zero-order valence-electron chi connectivity index (χ0n) is 16.3. The molecule has 148 valence electrons. The summed E-state index contributed by atoms with van der Waals surface area (Å²) in [5.41, 5.74) is 1.75. The van der Waals surface area contributed by atoms with E-state index in [9.17, 15) is 14.9 Å². The molecule has 1 aromatic heterocycles. The molecule has 0 aliphatic rings. The molecule has 2 aromatic carbocycles. The molecule has 1 atom stereocenters. The summed E-state index contributed by atoms with van der Waals surface area (Å²) in [7, 11) is 0. The van der Waals surface area contributed by atoms with Crippen molar-refractivity contribution in [3.63, 3.8) is 0 Å². The molecule has 7 heteroatoms. The lowest BCUT2D eigenvalue weighted by molar-refractivity contribution is -0.162. The van der Waals surface area contributed by atoms with Gasteiger partial charge in [0.15, 0.2) is 0 Å². The van der Waals surface area contributed by atoms with E-state index in [-0.39, 0.29) is 11.1 Å². The first kappa shape index (κ1) is 20.0. The van der Waals surface area contributed by atoms with E-state index in [1.165, 1.54) is 18.6 Å². The fourth-order valence-electron chi connectivity index (χ4n) is 2.79. The van der Waals surface area contributed by atoms with Gasteiger partial charge in [0.05, 0.1) is 29.7 Å². The van der Waals surface area contributed by atoms with Crippen LogP contribution in [-0.2, 0) is 9.63 Å². The number of hydrogen-bond acceptors (Lipinski definition) is 6. The summed E-state index contributed by atoms with van der Waals surface area (Å²) in [6.45, 7) is 5.47. The molecule has 0 aliphatic heterocycles. The molecule has 1 amide bonds. The van der Waals surface area contributed by atoms with Crippen molar-refractivity contribution in [1.82, 2.24) is 5.48 Å². The van der Waals surface area contributed by atoms with Crippen molar-refractivity contribution in [2.75, 3.05) is 0 Å². The fraction of sp³-hybridized carbons (Fsp3) is 0.227. The van der Waals surface area contributed by atoms with Crippen LogP contribution >= 0.6 is 0 Å². The highest BCUT2D eigenvalue weighted by Crippen LogP contribution is 2.26. The van der Waals surface area contributed by atoms with Crippen LogP contribution in [0.25, 0.3) is 10.8 Å². The van der Waals surface area contributed by atoms with Crippen molar-refractivity contribution in [3.8, 4) is 11.8 Å². The number of nitriles is 1. The largest absolute Gasteiger partial charge is 0.478 e. The Balaban J connectivity index is 1.77. The minimum Gasteiger partial charge on any atom is -0.478 e. The lowest BCUT2D eigenvalue weighted by Crippen LogP contribution is -2.43. The van der Waals surface area contributed by atoms with Crippen molar-refractivity contribution >= 4 is 22.6 Å². The smallest absolute Gasteiger partial charge is 0.372 e. The summed E-state index contributed by atoms with van der Waals surface area (Å²) in [5, 5.41) is 10.4. The summed E-state index contributed by atoms with van der Waals surface area (Å²) in [6, 6.07) is 14.0. The van der Waals surface area contributed by atoms with Crippen LogP contribution in [-0.4, -0.2) is 18.0 Å². The monoisotopic (exact) mass is 392 g/mol. The van der Waals surface area contributed by atoms with Crippen molar-refractivity contribution in [1.29, 1.82) is 5.26 Å². The van der Waals surface area contributed by atoms with Crippen LogP contribution in [0.1, 0.15) is 36.7 Å². The number of nitrogens with zero attached hydrogens (tertiary/aromatic N) is 1. The molecule has 0 aliphatic carbocycles. The lowest BCUT2D eigenvalue weighted by Gasteiger charge is -2.28. The summed E-state index contributed by atoms with van der Waals surface area (Å²) in [5.74, 6) is -0.979. The Bertz CT molecular complexity index is 1070. The summed E-state index contributed by atoms with van der Waals surface area (Å²) >= 11 is 0. The van der Waals surface area contributed by atoms with E-state index in [0.29, 0.717) is 16.5 Å². The number of amides is 1. The highest BCUT2D eigenvalue weighted by atomic mass is 16.7. The first-order valence-corrected chi connectivity index (χ1v) is 8.93. The number of carbonyl (C=O) groups is 2. The molecule has 1 N–H and O–H groups in total. The van der Waals surface area contributed by atoms with E-state index >= 15 is 0 Å². The van der Waals surface area contributed by atoms with Crippen LogP contribution in [0.2, 0.25) is 0 Å². The predicted octanol–water partition coefficient (Wildman–Crippen LogP) is 3.99. The number of hydroxylamine groups is 1. The van der Waals surface area contributed by atoms with Gasteiger partial charge in [-0.25, -0.2) is 4.79 Å². The van der Waals surface area contributed by atoms with E-state index < -0.39 is 23.4 Å². The third-order valence-corrected chi connectivity index (χ3v) is 4.25. The minimum absolute atomic E-state index is 0.0721. The van der Waals surface area contributed by atoms with E-state index in [1.807, 2.05) is 32.9 Å². The van der Waals surface area contributed by atoms with Gasteiger partial charge in [-0.3, -0.25) is 4.79 Å². The number of carbonyl (C=O) groups excluding carboxylic acids is 2. The van der Waals surface area contributed by atoms with Crippen molar-refractivity contribution in [2.45, 2.75) is 26.9 Å². The lowest BCUT2D eigenvalue weighted by atomic mass is 9.89. The Morgan fingerprint density at radius 2 is 1.83 bits per heavy atom. The molecule has 0 fully saturated rings. The molecule has 0 radical (unpaired) electrons. The number of furan rings is 1. The minimum atomic E-state index is -0.967. The highest BCUT2D eigenvalue weighted by Gasteiger charge is 2.36. The maximum absolute atomic E-state index is 12.7. The van der Waals surface area contributed by atoms with Crippen molar-refractivity contribution in [3.05, 3.63) is 66.1 Å². The molecule has 1 heterocycles. The summed E-state index contributed by atoms with van der Waals surface area (Å²) in [6.07, 6.45) is 1.86. The normalized spacial score (nSPS) is 12.1. The van der Waals surface area contributed by atoms with Gasteiger partial charge in [0.2, 0.25) is 6.10 Å². The van der Waals surface area contributed by atoms with Gasteiger partial charge in [0.25, 0.3) is 5.91 Å². The molecule has 3 aromatic rings. The second kappa shape index (κ2) is 8.07. The van der Waals surface area contributed by atoms with Crippen LogP contribution in [0.3, 0.4) is 0 Å². The van der Waals surface area contributed by atoms with Crippen LogP contribution < -0.4 is 10.2 Å². The molecular formula is C22H20N2O5. The molecule has 1 unspecified atom stereocenters. The van der Waals surface area contributed by atoms with Gasteiger partial charge in [-0.2, -0.15) is 10.7 Å². The second-order valence-electron chi connectivity index (χ2n) is 7.50. The van der Waals surface area contributed by atoms with E-state index in [2.05, 4.69) is 5.48 Å². The van der Waals surface area contributed by atoms with E-state index in [0.717, 1.165) is 0 Å². The number of para-hydroxylation sites is 1. The average Bonchev–Trinajstić information content (AvgIpc) is 3.17. The Kier molecular flexibility index (Phi) is 5.55. The third kappa shape index (κ3) is 4.38. The standard InChI is InChI=1S/C22H20N2O5/c1-22(2,3)19(28-16-7-5-4-6-8-16)21(26)29-24-20(25)18-14(11-23)9-10-15-12-27-13-17(15)18/h4-10,12-13,19H,1-3H3,(H,24,25). The molecule has 0 saturated heterocycles. The first-order valence-electron chi connectivity index (χ1n) is 8.93. The molecule has 0 bridgehead atoms. The van der Waals surface area contributed by atoms with Gasteiger partial charge in [-0.1, -0.05) is 39.0 Å². The zero-order valence-corrected chi connectivity index (χ0v) is 16.3. The van der Waals surface area contributed by atoms with Gasteiger partial charge in [-0.15, -0.1) is 0 Å². The number of hydrogen-bond donors (Lipinski definition) is 1. The molecular weight excluding hydrogens is 372 g/mol. The van der Waals surface area contributed by atoms with Gasteiger partial charge in [0.1, 0.15) is 5.75 Å². The van der Waals surface area contributed by atoms with Crippen LogP contribution in [0.4, 0.5) is 0 Å². The first-order chi connectivity index (χ1) is 13.8. The quantitative estimate of drug-likeness (QED) is 0.674. The number of benzene rings is 2. The van der Waals surface area contributed by atoms with E-state index in [4.69, 9.17) is 14.0 Å². The van der Waals surface area contributed by atoms with Crippen molar-refractivity contribution in [2.24, 2.45) is 5.41 Å². The molecule has 3 rings (SSSR count). The predicted molar refractivity (Wildman–Crippen MR) is 105 cm³/mol. The fourth-order valence-corrected chi connectivity index (χ4v) is 2.79. The maximum Gasteiger partial charge on any atom is 0.372 e. The van der Waals surface area contributed by atoms with Crippen LogP contribution in [0.5, 0.6) is 5.75 Å². The number of nitrogens with one attached hydrogen (secondary N) is 1. The summed E-state index contributed by atoms with van der Waals surface area (Å²) < 4.78 is 10.9. The van der Waals surface area contributed by atoms with Crippen LogP contribution in [0.15, 0.2) is 59.4 Å². The highest BCUT2D eigenvalue weighted by molar-refractivity contribution is 6.08. The third-order valence-electron chi connectivity index (χ3n) is 4.25. The Hall–Kier alpha value is -3.79. The number of fused-ring (bicyclic) bond motifs is 1. The Morgan fingerprint density at radius 1 is 1.10 bits per heavy atom. The van der Waals surface area contributed by atoms with Crippen LogP contribution in [0, 0.1) is 16.7 Å². The van der Waals surface area contributed by atoms with Gasteiger partial charge in [-0.05, 0) is 24.3 Å². The average molecular weight is 392 g/mol. The molecule has 7 nitrogen and oxygen atoms in total. The Labute approximate surface area is 167 Å². The second-order valence-corrected chi connectivity index (χ2v) is 7.50.